The van der Waals surface area contributed by atoms with Crippen LogP contribution in [0, 0.1) is 5.82 Å². The van der Waals surface area contributed by atoms with Gasteiger partial charge in [-0.3, -0.25) is 4.98 Å². The number of aromatic nitrogens is 1. The third-order valence-corrected chi connectivity index (χ3v) is 6.01. The van der Waals surface area contributed by atoms with Gasteiger partial charge in [-0.05, 0) is 53.1 Å². The average molecular weight is 441 g/mol. The van der Waals surface area contributed by atoms with Crippen molar-refractivity contribution in [2.45, 2.75) is 25.2 Å². The number of phenols is 1. The Hall–Kier alpha value is -3.48. The molecule has 0 spiro atoms. The second kappa shape index (κ2) is 7.02. The molecule has 0 saturated heterocycles. The van der Waals surface area contributed by atoms with Gasteiger partial charge in [-0.15, -0.1) is 0 Å². The number of hydrogen-bond acceptors (Lipinski definition) is 2. The van der Waals surface area contributed by atoms with Gasteiger partial charge in [0.15, 0.2) is 6.17 Å². The zero-order valence-corrected chi connectivity index (χ0v) is 16.7. The Kier molecular flexibility index (Phi) is 4.48. The first kappa shape index (κ1) is 20.4. The second-order valence-corrected chi connectivity index (χ2v) is 7.89. The maximum absolute atomic E-state index is 16.0. The smallest absolute Gasteiger partial charge is 0.416 e. The molecule has 0 bridgehead atoms. The van der Waals surface area contributed by atoms with Crippen LogP contribution >= 0.6 is 0 Å². The minimum atomic E-state index is -4.55. The molecule has 1 aromatic heterocycles. The molecule has 32 heavy (non-hydrogen) atoms. The van der Waals surface area contributed by atoms with E-state index in [9.17, 15) is 22.7 Å². The van der Waals surface area contributed by atoms with Crippen LogP contribution in [0.15, 0.2) is 60.7 Å². The first-order valence-corrected chi connectivity index (χ1v) is 9.93. The number of hydrogen-bond donors (Lipinski definition) is 1. The lowest BCUT2D eigenvalue weighted by molar-refractivity contribution is -0.137. The van der Waals surface area contributed by atoms with E-state index < -0.39 is 29.6 Å². The summed E-state index contributed by atoms with van der Waals surface area (Å²) in [6.45, 7) is 1.68. The molecule has 3 aromatic carbocycles. The zero-order chi connectivity index (χ0) is 22.8. The van der Waals surface area contributed by atoms with Crippen LogP contribution in [0.5, 0.6) is 5.75 Å². The highest BCUT2D eigenvalue weighted by molar-refractivity contribution is 6.01. The molecule has 162 valence electrons. The number of alkyl halides is 4. The van der Waals surface area contributed by atoms with Crippen LogP contribution in [0.1, 0.15) is 47.0 Å². The van der Waals surface area contributed by atoms with Crippen molar-refractivity contribution in [3.8, 4) is 16.9 Å². The maximum atomic E-state index is 16.0. The van der Waals surface area contributed by atoms with Crippen LogP contribution in [0.3, 0.4) is 0 Å². The number of halogens is 5. The van der Waals surface area contributed by atoms with Crippen molar-refractivity contribution in [3.63, 3.8) is 0 Å². The monoisotopic (exact) mass is 441 g/mol. The highest BCUT2D eigenvalue weighted by Crippen LogP contribution is 2.51. The molecule has 2 atom stereocenters. The highest BCUT2D eigenvalue weighted by atomic mass is 19.4. The molecule has 0 saturated carbocycles. The summed E-state index contributed by atoms with van der Waals surface area (Å²) in [5.41, 5.74) is 1.16. The summed E-state index contributed by atoms with van der Waals surface area (Å²) in [7, 11) is 0. The molecule has 0 fully saturated rings. The van der Waals surface area contributed by atoms with E-state index in [1.165, 1.54) is 30.3 Å². The molecular weight excluding hydrogens is 425 g/mol. The number of benzene rings is 3. The van der Waals surface area contributed by atoms with Crippen molar-refractivity contribution >= 4 is 10.9 Å². The van der Waals surface area contributed by atoms with E-state index in [0.29, 0.717) is 27.7 Å². The fourth-order valence-corrected chi connectivity index (χ4v) is 4.49. The van der Waals surface area contributed by atoms with Gasteiger partial charge in [0.05, 0.1) is 22.2 Å². The molecule has 0 radical (unpaired) electrons. The number of nitrogens with zero attached hydrogens (tertiary/aromatic N) is 1. The van der Waals surface area contributed by atoms with E-state index in [0.717, 1.165) is 18.2 Å². The van der Waals surface area contributed by atoms with Crippen molar-refractivity contribution < 1.29 is 27.1 Å². The average Bonchev–Trinajstić information content (AvgIpc) is 2.76. The van der Waals surface area contributed by atoms with Crippen LogP contribution in [0.2, 0.25) is 0 Å². The maximum Gasteiger partial charge on any atom is 0.416 e. The molecule has 1 aliphatic rings. The van der Waals surface area contributed by atoms with E-state index in [1.54, 1.807) is 19.1 Å². The Bertz CT molecular complexity index is 1360. The van der Waals surface area contributed by atoms with Gasteiger partial charge in [0, 0.05) is 17.0 Å². The van der Waals surface area contributed by atoms with Gasteiger partial charge in [0.2, 0.25) is 0 Å². The summed E-state index contributed by atoms with van der Waals surface area (Å²) in [4.78, 5) is 4.55. The van der Waals surface area contributed by atoms with Crippen LogP contribution in [0.4, 0.5) is 22.0 Å². The Morgan fingerprint density at radius 3 is 2.34 bits per heavy atom. The topological polar surface area (TPSA) is 33.1 Å². The Labute approximate surface area is 180 Å². The van der Waals surface area contributed by atoms with E-state index >= 15 is 4.39 Å². The van der Waals surface area contributed by atoms with Crippen LogP contribution in [0.25, 0.3) is 22.0 Å². The van der Waals surface area contributed by atoms with Gasteiger partial charge in [0.1, 0.15) is 11.6 Å². The Morgan fingerprint density at radius 1 is 0.938 bits per heavy atom. The van der Waals surface area contributed by atoms with Gasteiger partial charge in [0.25, 0.3) is 0 Å². The molecule has 2 unspecified atom stereocenters. The van der Waals surface area contributed by atoms with E-state index in [4.69, 9.17) is 0 Å². The largest absolute Gasteiger partial charge is 0.507 e. The third kappa shape index (κ3) is 3.03. The normalized spacial score (nSPS) is 17.8. The van der Waals surface area contributed by atoms with Gasteiger partial charge < -0.3 is 5.11 Å². The number of rotatable bonds is 1. The molecule has 0 amide bonds. The summed E-state index contributed by atoms with van der Waals surface area (Å²) in [5, 5.41) is 10.9. The fourth-order valence-electron chi connectivity index (χ4n) is 4.49. The lowest BCUT2D eigenvalue weighted by Gasteiger charge is -2.31. The summed E-state index contributed by atoms with van der Waals surface area (Å²) in [5.74, 6) is -1.21. The van der Waals surface area contributed by atoms with Gasteiger partial charge >= 0.3 is 6.18 Å². The second-order valence-electron chi connectivity index (χ2n) is 7.89. The van der Waals surface area contributed by atoms with E-state index in [-0.39, 0.29) is 22.4 Å². The predicted octanol–water partition coefficient (Wildman–Crippen LogP) is 7.29. The Morgan fingerprint density at radius 2 is 1.66 bits per heavy atom. The van der Waals surface area contributed by atoms with Crippen LogP contribution in [-0.2, 0) is 6.18 Å². The van der Waals surface area contributed by atoms with Gasteiger partial charge in [-0.1, -0.05) is 31.2 Å². The SMILES string of the molecule is CC1c2cc(C(F)(F)F)ccc2C(F)c2c1nc1cccc(O)c1c2-c1ccc(F)cc1. The Balaban J connectivity index is 1.85. The molecular formula is C25H16F5NO. The van der Waals surface area contributed by atoms with E-state index in [2.05, 4.69) is 4.98 Å². The van der Waals surface area contributed by atoms with Crippen molar-refractivity contribution in [1.82, 2.24) is 4.98 Å². The molecule has 1 N–H and O–H groups in total. The number of phenolic OH excluding ortho intramolecular Hbond substituents is 1. The number of pyridine rings is 1. The first-order valence-electron chi connectivity index (χ1n) is 9.93. The minimum absolute atomic E-state index is 0.116. The number of aromatic hydroxyl groups is 1. The first-order chi connectivity index (χ1) is 15.2. The van der Waals surface area contributed by atoms with Gasteiger partial charge in [-0.25, -0.2) is 8.78 Å². The van der Waals surface area contributed by atoms with Crippen molar-refractivity contribution in [2.24, 2.45) is 0 Å². The summed E-state index contributed by atoms with van der Waals surface area (Å²) in [6, 6.07) is 13.1. The number of fused-ring (bicyclic) bond motifs is 3. The standard InChI is InChI=1S/C25H16F5NO/c1-12-17-11-14(25(28,29)30)7-10-16(17)23(27)22-20(13-5-8-15(26)9-6-13)21-18(31-24(12)22)3-2-4-19(21)32/h2-12,23,32H,1H3. The van der Waals surface area contributed by atoms with Crippen LogP contribution < -0.4 is 0 Å². The van der Waals surface area contributed by atoms with Crippen LogP contribution in [-0.4, -0.2) is 10.1 Å². The minimum Gasteiger partial charge on any atom is -0.507 e. The molecule has 1 aliphatic carbocycles. The van der Waals surface area contributed by atoms with Gasteiger partial charge in [-0.2, -0.15) is 13.2 Å². The van der Waals surface area contributed by atoms with Crippen molar-refractivity contribution in [3.05, 3.63) is 94.4 Å². The molecule has 0 aliphatic heterocycles. The summed E-state index contributed by atoms with van der Waals surface area (Å²) in [6.07, 6.45) is -6.32. The molecule has 2 nitrogen and oxygen atoms in total. The molecule has 1 heterocycles. The summed E-state index contributed by atoms with van der Waals surface area (Å²) < 4.78 is 69.4. The van der Waals surface area contributed by atoms with Crippen molar-refractivity contribution in [1.29, 1.82) is 0 Å². The lowest BCUT2D eigenvalue weighted by atomic mass is 9.76. The third-order valence-electron chi connectivity index (χ3n) is 6.01. The van der Waals surface area contributed by atoms with E-state index in [1.807, 2.05) is 0 Å². The molecule has 5 rings (SSSR count). The van der Waals surface area contributed by atoms with Crippen molar-refractivity contribution in [2.75, 3.05) is 0 Å². The molecule has 7 heteroatoms. The molecule has 4 aromatic rings. The fraction of sp³-hybridized carbons (Fsp3) is 0.160. The zero-order valence-electron chi connectivity index (χ0n) is 16.7. The predicted molar refractivity (Wildman–Crippen MR) is 111 cm³/mol. The lowest BCUT2D eigenvalue weighted by Crippen LogP contribution is -2.19. The summed E-state index contributed by atoms with van der Waals surface area (Å²) >= 11 is 0. The quantitative estimate of drug-likeness (QED) is 0.315. The highest BCUT2D eigenvalue weighted by Gasteiger charge is 2.38.